The molecule has 0 fully saturated rings. The van der Waals surface area contributed by atoms with Crippen molar-refractivity contribution >= 4 is 11.5 Å². The second kappa shape index (κ2) is 7.65. The number of esters is 1. The van der Waals surface area contributed by atoms with Crippen molar-refractivity contribution in [2.45, 2.75) is 26.3 Å². The van der Waals surface area contributed by atoms with Crippen molar-refractivity contribution in [3.63, 3.8) is 0 Å². The van der Waals surface area contributed by atoms with Crippen LogP contribution >= 0.6 is 0 Å². The van der Waals surface area contributed by atoms with Gasteiger partial charge in [-0.25, -0.2) is 19.4 Å². The third kappa shape index (κ3) is 4.45. The zero-order valence-electron chi connectivity index (χ0n) is 14.4. The number of nitrogens with zero attached hydrogens (tertiary/aromatic N) is 4. The van der Waals surface area contributed by atoms with Crippen LogP contribution < -0.4 is 0 Å². The quantitative estimate of drug-likeness (QED) is 0.728. The molecule has 0 aliphatic heterocycles. The maximum absolute atomic E-state index is 12.8. The highest BCUT2D eigenvalue weighted by Crippen LogP contribution is 2.28. The number of hydrogen-bond donors (Lipinski definition) is 0. The molecule has 2 aromatic rings. The summed E-state index contributed by atoms with van der Waals surface area (Å²) in [5.74, 6) is 0.0958. The zero-order chi connectivity index (χ0) is 19.5. The van der Waals surface area contributed by atoms with E-state index in [0.717, 1.165) is 19.2 Å². The molecule has 2 rings (SSSR count). The Kier molecular flexibility index (Phi) is 5.76. The smallest absolute Gasteiger partial charge is 0.433 e. The molecule has 0 atom stereocenters. The van der Waals surface area contributed by atoms with Crippen LogP contribution in [-0.2, 0) is 35.9 Å². The molecule has 0 aromatic carbocycles. The number of carbonyl (C=O) groups excluding carboxylic acids is 1. The summed E-state index contributed by atoms with van der Waals surface area (Å²) in [7, 11) is 2.81. The summed E-state index contributed by atoms with van der Waals surface area (Å²) >= 11 is 0. The van der Waals surface area contributed by atoms with Crippen LogP contribution in [0.15, 0.2) is 18.7 Å². The number of halogens is 3. The van der Waals surface area contributed by atoms with Crippen molar-refractivity contribution < 1.29 is 27.4 Å². The Balaban J connectivity index is 2.18. The van der Waals surface area contributed by atoms with Crippen LogP contribution in [-0.4, -0.2) is 32.8 Å². The molecule has 0 amide bonds. The summed E-state index contributed by atoms with van der Waals surface area (Å²) in [5, 5.41) is 4.12. The number of methoxy groups -OCH3 is 1. The summed E-state index contributed by atoms with van der Waals surface area (Å²) in [6, 6.07) is 1.73. The minimum Gasteiger partial charge on any atom is -0.465 e. The summed E-state index contributed by atoms with van der Waals surface area (Å²) in [6.07, 6.45) is -4.64. The largest absolute Gasteiger partial charge is 0.465 e. The van der Waals surface area contributed by atoms with E-state index in [9.17, 15) is 18.0 Å². The molecule has 0 saturated heterocycles. The van der Waals surface area contributed by atoms with Crippen molar-refractivity contribution in [2.24, 2.45) is 7.05 Å². The fraction of sp³-hybridized carbons (Fsp3) is 0.375. The van der Waals surface area contributed by atoms with E-state index in [4.69, 9.17) is 4.74 Å². The van der Waals surface area contributed by atoms with Gasteiger partial charge in [-0.05, 0) is 24.6 Å². The van der Waals surface area contributed by atoms with Crippen molar-refractivity contribution in [1.29, 1.82) is 0 Å². The lowest BCUT2D eigenvalue weighted by atomic mass is 10.1. The SMILES string of the molecule is C=C(C)c1nc(COCc2nc(C(F)(F)F)ccc2C(=O)OC)nn1C. The van der Waals surface area contributed by atoms with Gasteiger partial charge in [0, 0.05) is 7.05 Å². The molecule has 0 radical (unpaired) electrons. The number of hydrogen-bond acceptors (Lipinski definition) is 6. The summed E-state index contributed by atoms with van der Waals surface area (Å²) in [5.41, 5.74) is -0.692. The Morgan fingerprint density at radius 3 is 2.50 bits per heavy atom. The van der Waals surface area contributed by atoms with Gasteiger partial charge >= 0.3 is 12.1 Å². The lowest BCUT2D eigenvalue weighted by Gasteiger charge is -2.11. The molecular weight excluding hydrogens is 353 g/mol. The fourth-order valence-electron chi connectivity index (χ4n) is 2.17. The van der Waals surface area contributed by atoms with E-state index >= 15 is 0 Å². The van der Waals surface area contributed by atoms with E-state index in [-0.39, 0.29) is 24.5 Å². The molecule has 140 valence electrons. The van der Waals surface area contributed by atoms with E-state index < -0.39 is 17.8 Å². The van der Waals surface area contributed by atoms with Crippen molar-refractivity contribution in [2.75, 3.05) is 7.11 Å². The Bertz CT molecular complexity index is 831. The first kappa shape index (κ1) is 19.6. The van der Waals surface area contributed by atoms with Crippen LogP contribution in [0.3, 0.4) is 0 Å². The van der Waals surface area contributed by atoms with Crippen LogP contribution in [0.4, 0.5) is 13.2 Å². The average Bonchev–Trinajstić information content (AvgIpc) is 2.94. The van der Waals surface area contributed by atoms with E-state index in [2.05, 4.69) is 26.4 Å². The first-order chi connectivity index (χ1) is 12.1. The molecule has 10 heteroatoms. The molecule has 2 aromatic heterocycles. The van der Waals surface area contributed by atoms with Gasteiger partial charge in [-0.3, -0.25) is 0 Å². The predicted molar refractivity (Wildman–Crippen MR) is 84.8 cm³/mol. The van der Waals surface area contributed by atoms with Gasteiger partial charge < -0.3 is 9.47 Å². The molecule has 0 aliphatic carbocycles. The first-order valence-electron chi connectivity index (χ1n) is 7.42. The van der Waals surface area contributed by atoms with Crippen molar-refractivity contribution in [3.8, 4) is 0 Å². The number of pyridine rings is 1. The highest BCUT2D eigenvalue weighted by molar-refractivity contribution is 5.90. The van der Waals surface area contributed by atoms with Crippen LogP contribution in [0, 0.1) is 0 Å². The topological polar surface area (TPSA) is 79.1 Å². The molecule has 0 bridgehead atoms. The van der Waals surface area contributed by atoms with Gasteiger partial charge in [0.15, 0.2) is 11.6 Å². The van der Waals surface area contributed by atoms with Gasteiger partial charge in [0.05, 0.1) is 25.0 Å². The van der Waals surface area contributed by atoms with Gasteiger partial charge in [0.1, 0.15) is 12.3 Å². The van der Waals surface area contributed by atoms with Crippen LogP contribution in [0.25, 0.3) is 5.57 Å². The standard InChI is InChI=1S/C16H17F3N4O3/c1-9(2)14-21-13(22-23(14)3)8-26-7-11-10(15(24)25-4)5-6-12(20-11)16(17,18)19/h5-6H,1,7-8H2,2-4H3. The predicted octanol–water partition coefficient (Wildman–Crippen LogP) is 2.77. The van der Waals surface area contributed by atoms with E-state index in [0.29, 0.717) is 17.2 Å². The third-order valence-corrected chi connectivity index (χ3v) is 3.33. The molecule has 0 N–H and O–H groups in total. The highest BCUT2D eigenvalue weighted by Gasteiger charge is 2.33. The van der Waals surface area contributed by atoms with Gasteiger partial charge in [-0.1, -0.05) is 6.58 Å². The average molecular weight is 370 g/mol. The maximum Gasteiger partial charge on any atom is 0.433 e. The Hall–Kier alpha value is -2.75. The minimum atomic E-state index is -4.64. The minimum absolute atomic E-state index is 0.0698. The lowest BCUT2D eigenvalue weighted by Crippen LogP contribution is -2.15. The van der Waals surface area contributed by atoms with E-state index in [1.807, 2.05) is 0 Å². The normalized spacial score (nSPS) is 11.5. The number of carbonyl (C=O) groups is 1. The van der Waals surface area contributed by atoms with Crippen LogP contribution in [0.5, 0.6) is 0 Å². The second-order valence-corrected chi connectivity index (χ2v) is 5.43. The monoisotopic (exact) mass is 370 g/mol. The number of ether oxygens (including phenoxy) is 2. The molecule has 2 heterocycles. The Morgan fingerprint density at radius 2 is 1.96 bits per heavy atom. The molecule has 0 aliphatic rings. The summed E-state index contributed by atoms with van der Waals surface area (Å²) < 4.78 is 50.0. The van der Waals surface area contributed by atoms with E-state index in [1.54, 1.807) is 14.0 Å². The summed E-state index contributed by atoms with van der Waals surface area (Å²) in [4.78, 5) is 19.4. The van der Waals surface area contributed by atoms with Gasteiger partial charge in [-0.2, -0.15) is 18.3 Å². The Morgan fingerprint density at radius 1 is 1.27 bits per heavy atom. The van der Waals surface area contributed by atoms with Gasteiger partial charge in [-0.15, -0.1) is 0 Å². The summed E-state index contributed by atoms with van der Waals surface area (Å²) in [6.45, 7) is 5.13. The van der Waals surface area contributed by atoms with Crippen LogP contribution in [0.1, 0.15) is 40.3 Å². The fourth-order valence-corrected chi connectivity index (χ4v) is 2.17. The number of alkyl halides is 3. The molecule has 0 spiro atoms. The number of allylic oxidation sites excluding steroid dienone is 1. The first-order valence-corrected chi connectivity index (χ1v) is 7.42. The zero-order valence-corrected chi connectivity index (χ0v) is 14.4. The van der Waals surface area contributed by atoms with Gasteiger partial charge in [0.25, 0.3) is 0 Å². The van der Waals surface area contributed by atoms with Crippen molar-refractivity contribution in [1.82, 2.24) is 19.7 Å². The van der Waals surface area contributed by atoms with Crippen molar-refractivity contribution in [3.05, 3.63) is 47.3 Å². The Labute approximate surface area is 147 Å². The molecular formula is C16H17F3N4O3. The molecule has 0 saturated carbocycles. The highest BCUT2D eigenvalue weighted by atomic mass is 19.4. The number of rotatable bonds is 6. The van der Waals surface area contributed by atoms with Gasteiger partial charge in [0.2, 0.25) is 0 Å². The lowest BCUT2D eigenvalue weighted by molar-refractivity contribution is -0.141. The number of aromatic nitrogens is 4. The molecule has 26 heavy (non-hydrogen) atoms. The second-order valence-electron chi connectivity index (χ2n) is 5.43. The van der Waals surface area contributed by atoms with E-state index in [1.165, 1.54) is 4.68 Å². The number of aryl methyl sites for hydroxylation is 1. The maximum atomic E-state index is 12.8. The molecule has 0 unspecified atom stereocenters. The van der Waals surface area contributed by atoms with Crippen LogP contribution in [0.2, 0.25) is 0 Å². The molecule has 7 nitrogen and oxygen atoms in total. The third-order valence-electron chi connectivity index (χ3n) is 3.33.